The van der Waals surface area contributed by atoms with Crippen LogP contribution in [0.1, 0.15) is 39.0 Å². The minimum Gasteiger partial charge on any atom is -0.396 e. The molecule has 0 unspecified atom stereocenters. The Morgan fingerprint density at radius 1 is 1.33 bits per heavy atom. The van der Waals surface area contributed by atoms with Crippen molar-refractivity contribution in [1.82, 2.24) is 0 Å². The monoisotopic (exact) mass is 172 g/mol. The lowest BCUT2D eigenvalue weighted by molar-refractivity contribution is 0.0105. The molecule has 1 fully saturated rings. The summed E-state index contributed by atoms with van der Waals surface area (Å²) >= 11 is 0. The molecule has 0 radical (unpaired) electrons. The predicted octanol–water partition coefficient (Wildman–Crippen LogP) is 1.97. The van der Waals surface area contributed by atoms with Crippen LogP contribution in [-0.4, -0.2) is 24.9 Å². The molecule has 0 aliphatic heterocycles. The minimum absolute atomic E-state index is 0.120. The molecule has 0 aromatic rings. The zero-order chi connectivity index (χ0) is 8.86. The van der Waals surface area contributed by atoms with Crippen LogP contribution in [0.3, 0.4) is 0 Å². The average molecular weight is 172 g/mol. The van der Waals surface area contributed by atoms with Gasteiger partial charge in [-0.2, -0.15) is 0 Å². The fraction of sp³-hybridized carbons (Fsp3) is 1.00. The van der Waals surface area contributed by atoms with Gasteiger partial charge in [0.05, 0.1) is 13.2 Å². The fourth-order valence-electron chi connectivity index (χ4n) is 1.91. The second kappa shape index (κ2) is 4.83. The van der Waals surface area contributed by atoms with Crippen LogP contribution < -0.4 is 0 Å². The summed E-state index contributed by atoms with van der Waals surface area (Å²) in [6.07, 6.45) is 5.88. The zero-order valence-corrected chi connectivity index (χ0v) is 8.01. The SMILES string of the molecule is CCCOCC1(CO)CCCC1. The van der Waals surface area contributed by atoms with E-state index in [0.717, 1.165) is 32.5 Å². The topological polar surface area (TPSA) is 29.5 Å². The molecule has 1 aliphatic carbocycles. The van der Waals surface area contributed by atoms with E-state index < -0.39 is 0 Å². The van der Waals surface area contributed by atoms with Gasteiger partial charge in [-0.05, 0) is 19.3 Å². The van der Waals surface area contributed by atoms with Crippen LogP contribution in [0.25, 0.3) is 0 Å². The van der Waals surface area contributed by atoms with Gasteiger partial charge in [-0.25, -0.2) is 0 Å². The van der Waals surface area contributed by atoms with E-state index in [-0.39, 0.29) is 5.41 Å². The molecule has 72 valence electrons. The van der Waals surface area contributed by atoms with Gasteiger partial charge in [0.15, 0.2) is 0 Å². The van der Waals surface area contributed by atoms with Crippen molar-refractivity contribution in [1.29, 1.82) is 0 Å². The van der Waals surface area contributed by atoms with E-state index in [2.05, 4.69) is 6.92 Å². The maximum Gasteiger partial charge on any atom is 0.0544 e. The van der Waals surface area contributed by atoms with Crippen molar-refractivity contribution in [2.75, 3.05) is 19.8 Å². The summed E-state index contributed by atoms with van der Waals surface area (Å²) in [6, 6.07) is 0. The average Bonchev–Trinajstić information content (AvgIpc) is 2.55. The molecule has 0 saturated heterocycles. The quantitative estimate of drug-likeness (QED) is 0.642. The summed E-state index contributed by atoms with van der Waals surface area (Å²) < 4.78 is 5.50. The van der Waals surface area contributed by atoms with E-state index >= 15 is 0 Å². The lowest BCUT2D eigenvalue weighted by Gasteiger charge is -2.25. The van der Waals surface area contributed by atoms with E-state index in [1.54, 1.807) is 0 Å². The van der Waals surface area contributed by atoms with Crippen LogP contribution in [0, 0.1) is 5.41 Å². The first kappa shape index (κ1) is 10.0. The first-order valence-electron chi connectivity index (χ1n) is 5.01. The first-order chi connectivity index (χ1) is 5.83. The van der Waals surface area contributed by atoms with Gasteiger partial charge >= 0.3 is 0 Å². The molecule has 2 heteroatoms. The molecule has 12 heavy (non-hydrogen) atoms. The van der Waals surface area contributed by atoms with Crippen molar-refractivity contribution < 1.29 is 9.84 Å². The number of hydrogen-bond acceptors (Lipinski definition) is 2. The van der Waals surface area contributed by atoms with Crippen LogP contribution >= 0.6 is 0 Å². The number of aliphatic hydroxyl groups is 1. The summed E-state index contributed by atoms with van der Waals surface area (Å²) in [5.74, 6) is 0. The fourth-order valence-corrected chi connectivity index (χ4v) is 1.91. The maximum atomic E-state index is 9.24. The van der Waals surface area contributed by atoms with Crippen molar-refractivity contribution in [3.05, 3.63) is 0 Å². The summed E-state index contributed by atoms with van der Waals surface area (Å²) in [7, 11) is 0. The van der Waals surface area contributed by atoms with E-state index in [0.29, 0.717) is 6.61 Å². The highest BCUT2D eigenvalue weighted by atomic mass is 16.5. The number of hydrogen-bond donors (Lipinski definition) is 1. The molecule has 0 amide bonds. The summed E-state index contributed by atoms with van der Waals surface area (Å²) in [6.45, 7) is 4.01. The predicted molar refractivity (Wildman–Crippen MR) is 49.1 cm³/mol. The van der Waals surface area contributed by atoms with E-state index in [1.807, 2.05) is 0 Å². The Labute approximate surface area is 74.9 Å². The van der Waals surface area contributed by atoms with E-state index in [9.17, 15) is 5.11 Å². The Morgan fingerprint density at radius 3 is 2.50 bits per heavy atom. The highest BCUT2D eigenvalue weighted by Crippen LogP contribution is 2.37. The third-order valence-corrected chi connectivity index (χ3v) is 2.76. The summed E-state index contributed by atoms with van der Waals surface area (Å²) in [5.41, 5.74) is 0.120. The Bertz CT molecular complexity index is 117. The Balaban J connectivity index is 2.24. The third-order valence-electron chi connectivity index (χ3n) is 2.76. The Kier molecular flexibility index (Phi) is 4.02. The van der Waals surface area contributed by atoms with Gasteiger partial charge in [-0.3, -0.25) is 0 Å². The van der Waals surface area contributed by atoms with Gasteiger partial charge in [0.2, 0.25) is 0 Å². The highest BCUT2D eigenvalue weighted by molar-refractivity contribution is 4.83. The Hall–Kier alpha value is -0.0800. The van der Waals surface area contributed by atoms with Crippen molar-refractivity contribution in [3.8, 4) is 0 Å². The third kappa shape index (κ3) is 2.46. The zero-order valence-electron chi connectivity index (χ0n) is 8.01. The minimum atomic E-state index is 0.120. The lowest BCUT2D eigenvalue weighted by atomic mass is 9.88. The number of ether oxygens (including phenoxy) is 1. The molecule has 1 saturated carbocycles. The van der Waals surface area contributed by atoms with Crippen molar-refractivity contribution in [3.63, 3.8) is 0 Å². The molecule has 1 aliphatic rings. The molecule has 1 rings (SSSR count). The first-order valence-corrected chi connectivity index (χ1v) is 5.01. The molecule has 0 aromatic carbocycles. The molecule has 0 bridgehead atoms. The van der Waals surface area contributed by atoms with Crippen LogP contribution in [0.15, 0.2) is 0 Å². The Morgan fingerprint density at radius 2 is 2.00 bits per heavy atom. The van der Waals surface area contributed by atoms with Gasteiger partial charge < -0.3 is 9.84 Å². The number of aliphatic hydroxyl groups excluding tert-OH is 1. The normalized spacial score (nSPS) is 21.5. The molecule has 2 nitrogen and oxygen atoms in total. The van der Waals surface area contributed by atoms with Crippen LogP contribution in [0.2, 0.25) is 0 Å². The second-order valence-corrected chi connectivity index (χ2v) is 3.92. The second-order valence-electron chi connectivity index (χ2n) is 3.92. The summed E-state index contributed by atoms with van der Waals surface area (Å²) in [4.78, 5) is 0. The van der Waals surface area contributed by atoms with E-state index in [1.165, 1.54) is 12.8 Å². The molecule has 0 aromatic heterocycles. The highest BCUT2D eigenvalue weighted by Gasteiger charge is 2.33. The van der Waals surface area contributed by atoms with Gasteiger partial charge in [0.25, 0.3) is 0 Å². The molecule has 0 heterocycles. The smallest absolute Gasteiger partial charge is 0.0544 e. The largest absolute Gasteiger partial charge is 0.396 e. The van der Waals surface area contributed by atoms with E-state index in [4.69, 9.17) is 4.74 Å². The molecular weight excluding hydrogens is 152 g/mol. The van der Waals surface area contributed by atoms with Gasteiger partial charge in [0.1, 0.15) is 0 Å². The standard InChI is InChI=1S/C10H20O2/c1-2-7-12-9-10(8-11)5-3-4-6-10/h11H,2-9H2,1H3. The van der Waals surface area contributed by atoms with Crippen LogP contribution in [0.5, 0.6) is 0 Å². The molecule has 1 N–H and O–H groups in total. The van der Waals surface area contributed by atoms with Crippen molar-refractivity contribution in [2.45, 2.75) is 39.0 Å². The molecular formula is C10H20O2. The molecule has 0 atom stereocenters. The van der Waals surface area contributed by atoms with Crippen LogP contribution in [-0.2, 0) is 4.74 Å². The van der Waals surface area contributed by atoms with Gasteiger partial charge in [-0.1, -0.05) is 19.8 Å². The van der Waals surface area contributed by atoms with Gasteiger partial charge in [-0.15, -0.1) is 0 Å². The van der Waals surface area contributed by atoms with Gasteiger partial charge in [0, 0.05) is 12.0 Å². The summed E-state index contributed by atoms with van der Waals surface area (Å²) in [5, 5.41) is 9.24. The number of rotatable bonds is 5. The molecule has 0 spiro atoms. The van der Waals surface area contributed by atoms with Crippen LogP contribution in [0.4, 0.5) is 0 Å². The van der Waals surface area contributed by atoms with Crippen molar-refractivity contribution >= 4 is 0 Å². The van der Waals surface area contributed by atoms with Crippen molar-refractivity contribution in [2.24, 2.45) is 5.41 Å². The maximum absolute atomic E-state index is 9.24. The lowest BCUT2D eigenvalue weighted by Crippen LogP contribution is -2.27.